The van der Waals surface area contributed by atoms with Crippen LogP contribution in [0.15, 0.2) is 41.8 Å². The van der Waals surface area contributed by atoms with E-state index in [1.165, 1.54) is 16.0 Å². The van der Waals surface area contributed by atoms with Gasteiger partial charge in [0.1, 0.15) is 0 Å². The zero-order valence-electron chi connectivity index (χ0n) is 10.7. The molecule has 0 amide bonds. The van der Waals surface area contributed by atoms with Gasteiger partial charge in [0.2, 0.25) is 0 Å². The number of nitrogens with zero attached hydrogens (tertiary/aromatic N) is 1. The highest BCUT2D eigenvalue weighted by molar-refractivity contribution is 7.10. The summed E-state index contributed by atoms with van der Waals surface area (Å²) in [6.45, 7) is 4.87. The summed E-state index contributed by atoms with van der Waals surface area (Å²) in [6.07, 6.45) is 0. The summed E-state index contributed by atoms with van der Waals surface area (Å²) in [6, 6.07) is 12.6. The first-order chi connectivity index (χ1) is 8.79. The molecule has 2 aromatic rings. The minimum atomic E-state index is 0.206. The molecule has 0 saturated carbocycles. The highest BCUT2D eigenvalue weighted by atomic mass is 32.1. The summed E-state index contributed by atoms with van der Waals surface area (Å²) in [4.78, 5) is 3.67. The first-order valence-corrected chi connectivity index (χ1v) is 7.07. The molecule has 1 N–H and O–H groups in total. The Morgan fingerprint density at radius 3 is 2.50 bits per heavy atom. The van der Waals surface area contributed by atoms with Crippen molar-refractivity contribution in [2.45, 2.75) is 20.0 Å². The lowest BCUT2D eigenvalue weighted by atomic mass is 10.2. The zero-order valence-corrected chi connectivity index (χ0v) is 11.5. The quantitative estimate of drug-likeness (QED) is 0.864. The molecule has 0 saturated heterocycles. The zero-order chi connectivity index (χ0) is 12.8. The second-order valence-electron chi connectivity index (χ2n) is 4.45. The van der Waals surface area contributed by atoms with Gasteiger partial charge in [-0.3, -0.25) is 4.90 Å². The normalized spacial score (nSPS) is 11.1. The van der Waals surface area contributed by atoms with Crippen molar-refractivity contribution in [2.75, 3.05) is 13.2 Å². The Morgan fingerprint density at radius 1 is 1.11 bits per heavy atom. The largest absolute Gasteiger partial charge is 0.395 e. The van der Waals surface area contributed by atoms with Crippen LogP contribution in [-0.2, 0) is 13.1 Å². The molecule has 0 spiro atoms. The molecule has 0 aliphatic rings. The van der Waals surface area contributed by atoms with Crippen molar-refractivity contribution < 1.29 is 5.11 Å². The summed E-state index contributed by atoms with van der Waals surface area (Å²) in [5, 5.41) is 11.3. The van der Waals surface area contributed by atoms with Crippen molar-refractivity contribution >= 4 is 11.3 Å². The summed E-state index contributed by atoms with van der Waals surface area (Å²) in [5.74, 6) is 0. The third kappa shape index (κ3) is 3.67. The number of benzene rings is 1. The van der Waals surface area contributed by atoms with E-state index in [0.29, 0.717) is 6.54 Å². The lowest BCUT2D eigenvalue weighted by Crippen LogP contribution is -2.25. The molecular formula is C15H19NOS. The predicted octanol–water partition coefficient (Wildman–Crippen LogP) is 3.05. The van der Waals surface area contributed by atoms with Crippen molar-refractivity contribution in [1.82, 2.24) is 4.90 Å². The van der Waals surface area contributed by atoms with Gasteiger partial charge in [0, 0.05) is 24.5 Å². The number of rotatable bonds is 6. The Balaban J connectivity index is 2.02. The minimum absolute atomic E-state index is 0.206. The van der Waals surface area contributed by atoms with Gasteiger partial charge in [0.05, 0.1) is 6.61 Å². The molecule has 3 heteroatoms. The van der Waals surface area contributed by atoms with Crippen molar-refractivity contribution in [1.29, 1.82) is 0 Å². The summed E-state index contributed by atoms with van der Waals surface area (Å²) >= 11 is 1.79. The number of aryl methyl sites for hydroxylation is 1. The molecular weight excluding hydrogens is 242 g/mol. The van der Waals surface area contributed by atoms with Gasteiger partial charge in [-0.15, -0.1) is 11.3 Å². The van der Waals surface area contributed by atoms with Crippen LogP contribution in [-0.4, -0.2) is 23.2 Å². The third-order valence-electron chi connectivity index (χ3n) is 3.00. The molecule has 18 heavy (non-hydrogen) atoms. The van der Waals surface area contributed by atoms with Crippen LogP contribution in [0.25, 0.3) is 0 Å². The average Bonchev–Trinajstić information content (AvgIpc) is 2.77. The summed E-state index contributed by atoms with van der Waals surface area (Å²) in [5.41, 5.74) is 2.64. The predicted molar refractivity (Wildman–Crippen MR) is 76.7 cm³/mol. The number of thiophene rings is 1. The monoisotopic (exact) mass is 261 g/mol. The van der Waals surface area contributed by atoms with E-state index in [9.17, 15) is 5.11 Å². The van der Waals surface area contributed by atoms with Crippen molar-refractivity contribution in [3.05, 3.63) is 57.8 Å². The van der Waals surface area contributed by atoms with Crippen molar-refractivity contribution in [2.24, 2.45) is 0 Å². The minimum Gasteiger partial charge on any atom is -0.395 e. The molecule has 0 unspecified atom stereocenters. The maximum absolute atomic E-state index is 9.17. The Morgan fingerprint density at radius 2 is 1.89 bits per heavy atom. The first-order valence-electron chi connectivity index (χ1n) is 6.19. The van der Waals surface area contributed by atoms with Crippen molar-refractivity contribution in [3.63, 3.8) is 0 Å². The maximum atomic E-state index is 9.17. The van der Waals surface area contributed by atoms with Crippen LogP contribution in [0.1, 0.15) is 16.0 Å². The van der Waals surface area contributed by atoms with Gasteiger partial charge < -0.3 is 5.11 Å². The molecule has 0 aliphatic carbocycles. The molecule has 2 rings (SSSR count). The van der Waals surface area contributed by atoms with Gasteiger partial charge in [-0.05, 0) is 29.5 Å². The second-order valence-corrected chi connectivity index (χ2v) is 5.45. The maximum Gasteiger partial charge on any atom is 0.0558 e. The Labute approximate surface area is 113 Å². The molecule has 0 radical (unpaired) electrons. The molecule has 0 atom stereocenters. The lowest BCUT2D eigenvalue weighted by molar-refractivity contribution is 0.185. The highest BCUT2D eigenvalue weighted by Gasteiger charge is 2.09. The van der Waals surface area contributed by atoms with Gasteiger partial charge in [-0.1, -0.05) is 30.3 Å². The van der Waals surface area contributed by atoms with Gasteiger partial charge in [0.15, 0.2) is 0 Å². The third-order valence-corrected chi connectivity index (χ3v) is 4.01. The van der Waals surface area contributed by atoms with Gasteiger partial charge in [-0.2, -0.15) is 0 Å². The topological polar surface area (TPSA) is 23.5 Å². The van der Waals surface area contributed by atoms with Crippen LogP contribution in [0.2, 0.25) is 0 Å². The van der Waals surface area contributed by atoms with Crippen LogP contribution >= 0.6 is 11.3 Å². The van der Waals surface area contributed by atoms with Gasteiger partial charge in [0.25, 0.3) is 0 Å². The molecule has 96 valence electrons. The Bertz CT molecular complexity index is 466. The smallest absolute Gasteiger partial charge is 0.0558 e. The molecule has 1 heterocycles. The van der Waals surface area contributed by atoms with E-state index in [1.54, 1.807) is 11.3 Å². The van der Waals surface area contributed by atoms with Crippen LogP contribution < -0.4 is 0 Å². The van der Waals surface area contributed by atoms with E-state index >= 15 is 0 Å². The lowest BCUT2D eigenvalue weighted by Gasteiger charge is -2.21. The molecule has 2 nitrogen and oxygen atoms in total. The van der Waals surface area contributed by atoms with E-state index in [1.807, 2.05) is 6.07 Å². The number of hydrogen-bond acceptors (Lipinski definition) is 3. The summed E-state index contributed by atoms with van der Waals surface area (Å²) < 4.78 is 0. The van der Waals surface area contributed by atoms with E-state index < -0.39 is 0 Å². The number of aliphatic hydroxyl groups excluding tert-OH is 1. The van der Waals surface area contributed by atoms with E-state index in [2.05, 4.69) is 47.5 Å². The second kappa shape index (κ2) is 6.69. The van der Waals surface area contributed by atoms with Crippen molar-refractivity contribution in [3.8, 4) is 0 Å². The SMILES string of the molecule is Cc1ccsc1CN(CCO)Cc1ccccc1. The fraction of sp³-hybridized carbons (Fsp3) is 0.333. The standard InChI is InChI=1S/C15H19NOS/c1-13-7-10-18-15(13)12-16(8-9-17)11-14-5-3-2-4-6-14/h2-7,10,17H,8-9,11-12H2,1H3. The van der Waals surface area contributed by atoms with E-state index in [0.717, 1.165) is 13.1 Å². The molecule has 1 aromatic heterocycles. The Hall–Kier alpha value is -1.16. The molecule has 0 aliphatic heterocycles. The van der Waals surface area contributed by atoms with Crippen LogP contribution in [0.4, 0.5) is 0 Å². The van der Waals surface area contributed by atoms with Gasteiger partial charge >= 0.3 is 0 Å². The molecule has 0 fully saturated rings. The number of hydrogen-bond donors (Lipinski definition) is 1. The summed E-state index contributed by atoms with van der Waals surface area (Å²) in [7, 11) is 0. The average molecular weight is 261 g/mol. The van der Waals surface area contributed by atoms with Crippen LogP contribution in [0.3, 0.4) is 0 Å². The fourth-order valence-electron chi connectivity index (χ4n) is 1.97. The van der Waals surface area contributed by atoms with E-state index in [4.69, 9.17) is 0 Å². The van der Waals surface area contributed by atoms with Gasteiger partial charge in [-0.25, -0.2) is 0 Å². The number of aliphatic hydroxyl groups is 1. The fourth-order valence-corrected chi connectivity index (χ4v) is 2.91. The first kappa shape index (κ1) is 13.3. The Kier molecular flexibility index (Phi) is 4.93. The van der Waals surface area contributed by atoms with Crippen LogP contribution in [0, 0.1) is 6.92 Å². The highest BCUT2D eigenvalue weighted by Crippen LogP contribution is 2.18. The molecule has 1 aromatic carbocycles. The molecule has 0 bridgehead atoms. The van der Waals surface area contributed by atoms with Crippen LogP contribution in [0.5, 0.6) is 0 Å². The van der Waals surface area contributed by atoms with E-state index in [-0.39, 0.29) is 6.61 Å².